The van der Waals surface area contributed by atoms with E-state index in [1.54, 1.807) is 0 Å². The van der Waals surface area contributed by atoms with Crippen molar-refractivity contribution in [2.45, 2.75) is 44.3 Å². The van der Waals surface area contributed by atoms with Crippen molar-refractivity contribution in [2.75, 3.05) is 39.3 Å². The van der Waals surface area contributed by atoms with E-state index >= 15 is 0 Å². The lowest BCUT2D eigenvalue weighted by molar-refractivity contribution is -0.147. The highest BCUT2D eigenvalue weighted by Crippen LogP contribution is 2.33. The van der Waals surface area contributed by atoms with Gasteiger partial charge in [-0.1, -0.05) is 0 Å². The molecule has 2 saturated heterocycles. The Morgan fingerprint density at radius 1 is 1.14 bits per heavy atom. The number of ether oxygens (including phenoxy) is 1. The predicted octanol–water partition coefficient (Wildman–Crippen LogP) is 0.717. The van der Waals surface area contributed by atoms with Crippen molar-refractivity contribution in [3.63, 3.8) is 0 Å². The first-order valence-corrected chi connectivity index (χ1v) is 9.00. The van der Waals surface area contributed by atoms with E-state index in [1.165, 1.54) is 19.4 Å². The first-order chi connectivity index (χ1) is 10.7. The van der Waals surface area contributed by atoms with Crippen LogP contribution in [-0.2, 0) is 9.53 Å². The molecule has 0 spiro atoms. The Hall–Kier alpha value is -0.650. The summed E-state index contributed by atoms with van der Waals surface area (Å²) in [5, 5.41) is 9.40. The van der Waals surface area contributed by atoms with Gasteiger partial charge in [0.1, 0.15) is 0 Å². The molecule has 2 atom stereocenters. The third-order valence-corrected chi connectivity index (χ3v) is 5.92. The van der Waals surface area contributed by atoms with E-state index in [-0.39, 0.29) is 24.0 Å². The highest BCUT2D eigenvalue weighted by Gasteiger charge is 2.40. The Labute approximate surface area is 132 Å². The van der Waals surface area contributed by atoms with E-state index in [4.69, 9.17) is 4.74 Å². The third kappa shape index (κ3) is 3.17. The summed E-state index contributed by atoms with van der Waals surface area (Å²) in [4.78, 5) is 17.0. The van der Waals surface area contributed by atoms with Crippen LogP contribution in [0.3, 0.4) is 0 Å². The van der Waals surface area contributed by atoms with Gasteiger partial charge in [-0.15, -0.1) is 0 Å². The maximum absolute atomic E-state index is 12.5. The number of carbonyl (C=O) groups is 1. The summed E-state index contributed by atoms with van der Waals surface area (Å²) >= 11 is 0. The van der Waals surface area contributed by atoms with E-state index in [9.17, 15) is 9.90 Å². The first kappa shape index (κ1) is 14.9. The van der Waals surface area contributed by atoms with E-state index in [0.29, 0.717) is 18.8 Å². The Morgan fingerprint density at radius 3 is 2.68 bits per heavy atom. The van der Waals surface area contributed by atoms with Gasteiger partial charge < -0.3 is 19.6 Å². The largest absolute Gasteiger partial charge is 0.393 e. The normalized spacial score (nSPS) is 39.8. The van der Waals surface area contributed by atoms with Gasteiger partial charge >= 0.3 is 0 Å². The smallest absolute Gasteiger partial charge is 0.225 e. The second-order valence-electron chi connectivity index (χ2n) is 7.77. The quantitative estimate of drug-likeness (QED) is 0.834. The summed E-state index contributed by atoms with van der Waals surface area (Å²) in [5.41, 5.74) is 0. The first-order valence-electron chi connectivity index (χ1n) is 9.00. The van der Waals surface area contributed by atoms with Crippen molar-refractivity contribution in [1.29, 1.82) is 0 Å². The average Bonchev–Trinajstić information content (AvgIpc) is 3.29. The minimum Gasteiger partial charge on any atom is -0.393 e. The molecule has 4 rings (SSSR count). The number of rotatable bonds is 3. The van der Waals surface area contributed by atoms with Gasteiger partial charge in [-0.05, 0) is 38.0 Å². The molecule has 0 radical (unpaired) electrons. The molecule has 4 fully saturated rings. The van der Waals surface area contributed by atoms with Crippen molar-refractivity contribution in [3.05, 3.63) is 0 Å². The zero-order valence-electron chi connectivity index (χ0n) is 13.3. The second kappa shape index (κ2) is 6.10. The zero-order chi connectivity index (χ0) is 15.1. The fourth-order valence-electron chi connectivity index (χ4n) is 4.20. The fraction of sp³-hybridized carbons (Fsp3) is 0.941. The van der Waals surface area contributed by atoms with Crippen LogP contribution in [0.2, 0.25) is 0 Å². The fourth-order valence-corrected chi connectivity index (χ4v) is 4.20. The number of hydrogen-bond acceptors (Lipinski definition) is 4. The van der Waals surface area contributed by atoms with Gasteiger partial charge in [0.2, 0.25) is 5.91 Å². The second-order valence-corrected chi connectivity index (χ2v) is 7.77. The molecule has 5 nitrogen and oxygen atoms in total. The average molecular weight is 308 g/mol. The maximum Gasteiger partial charge on any atom is 0.225 e. The molecule has 1 N–H and O–H groups in total. The molecule has 2 saturated carbocycles. The maximum atomic E-state index is 12.5. The van der Waals surface area contributed by atoms with Crippen LogP contribution in [0, 0.1) is 17.8 Å². The van der Waals surface area contributed by atoms with E-state index in [2.05, 4.69) is 4.90 Å². The lowest BCUT2D eigenvalue weighted by Crippen LogP contribution is -2.52. The van der Waals surface area contributed by atoms with Gasteiger partial charge in [0.15, 0.2) is 0 Å². The van der Waals surface area contributed by atoms with Crippen LogP contribution in [0.15, 0.2) is 0 Å². The van der Waals surface area contributed by atoms with Gasteiger partial charge in [0.25, 0.3) is 0 Å². The Morgan fingerprint density at radius 2 is 1.95 bits per heavy atom. The number of piperidine rings is 1. The number of aliphatic hydroxyl groups is 1. The van der Waals surface area contributed by atoms with Crippen molar-refractivity contribution in [2.24, 2.45) is 17.8 Å². The zero-order valence-corrected chi connectivity index (χ0v) is 13.3. The third-order valence-electron chi connectivity index (χ3n) is 5.92. The summed E-state index contributed by atoms with van der Waals surface area (Å²) in [6.45, 7) is 5.87. The minimum atomic E-state index is -0.253. The lowest BCUT2D eigenvalue weighted by atomic mass is 9.80. The van der Waals surface area contributed by atoms with E-state index in [1.807, 2.05) is 4.90 Å². The number of nitrogens with zero attached hydrogens (tertiary/aromatic N) is 2. The van der Waals surface area contributed by atoms with Crippen molar-refractivity contribution < 1.29 is 14.6 Å². The number of fused-ring (bicyclic) bond motifs is 1. The monoisotopic (exact) mass is 308 g/mol. The van der Waals surface area contributed by atoms with Gasteiger partial charge in [0, 0.05) is 44.6 Å². The van der Waals surface area contributed by atoms with Crippen LogP contribution in [-0.4, -0.2) is 72.4 Å². The SMILES string of the molecule is O=C(C1CC(O)C1)N1CC[C@@H]2CN(CC3CC3)CCO[C@@H]2C1. The molecular weight excluding hydrogens is 280 g/mol. The highest BCUT2D eigenvalue weighted by atomic mass is 16.5. The van der Waals surface area contributed by atoms with Gasteiger partial charge in [-0.3, -0.25) is 4.79 Å². The molecule has 0 bridgehead atoms. The highest BCUT2D eigenvalue weighted by molar-refractivity contribution is 5.80. The Bertz CT molecular complexity index is 420. The molecule has 1 amide bonds. The molecule has 4 aliphatic rings. The van der Waals surface area contributed by atoms with Crippen LogP contribution in [0.5, 0.6) is 0 Å². The number of carbonyl (C=O) groups excluding carboxylic acids is 1. The molecule has 2 heterocycles. The Kier molecular flexibility index (Phi) is 4.13. The van der Waals surface area contributed by atoms with E-state index in [0.717, 1.165) is 45.1 Å². The van der Waals surface area contributed by atoms with Crippen LogP contribution >= 0.6 is 0 Å². The summed E-state index contributed by atoms with van der Waals surface area (Å²) in [7, 11) is 0. The van der Waals surface area contributed by atoms with Crippen LogP contribution in [0.1, 0.15) is 32.1 Å². The van der Waals surface area contributed by atoms with Crippen molar-refractivity contribution >= 4 is 5.91 Å². The van der Waals surface area contributed by atoms with Crippen LogP contribution in [0.25, 0.3) is 0 Å². The summed E-state index contributed by atoms with van der Waals surface area (Å²) in [6, 6.07) is 0. The molecular formula is C17H28N2O3. The minimum absolute atomic E-state index is 0.0590. The Balaban J connectivity index is 1.32. The van der Waals surface area contributed by atoms with E-state index < -0.39 is 0 Å². The lowest BCUT2D eigenvalue weighted by Gasteiger charge is -2.41. The van der Waals surface area contributed by atoms with Crippen LogP contribution in [0.4, 0.5) is 0 Å². The molecule has 0 aromatic carbocycles. The molecule has 2 aliphatic carbocycles. The predicted molar refractivity (Wildman–Crippen MR) is 82.3 cm³/mol. The molecule has 0 aromatic heterocycles. The summed E-state index contributed by atoms with van der Waals surface area (Å²) in [5.74, 6) is 1.82. The summed E-state index contributed by atoms with van der Waals surface area (Å²) < 4.78 is 6.09. The number of hydrogen-bond donors (Lipinski definition) is 1. The van der Waals surface area contributed by atoms with Crippen molar-refractivity contribution in [1.82, 2.24) is 9.80 Å². The van der Waals surface area contributed by atoms with Gasteiger partial charge in [0.05, 0.1) is 18.8 Å². The number of amides is 1. The molecule has 5 heteroatoms. The number of likely N-dealkylation sites (tertiary alicyclic amines) is 1. The van der Waals surface area contributed by atoms with Gasteiger partial charge in [-0.2, -0.15) is 0 Å². The molecule has 0 aromatic rings. The van der Waals surface area contributed by atoms with Crippen molar-refractivity contribution in [3.8, 4) is 0 Å². The van der Waals surface area contributed by atoms with Crippen LogP contribution < -0.4 is 0 Å². The summed E-state index contributed by atoms with van der Waals surface area (Å²) in [6.07, 6.45) is 5.14. The molecule has 2 aliphatic heterocycles. The molecule has 22 heavy (non-hydrogen) atoms. The van der Waals surface area contributed by atoms with Gasteiger partial charge in [-0.25, -0.2) is 0 Å². The number of aliphatic hydroxyl groups excluding tert-OH is 1. The molecule has 124 valence electrons. The topological polar surface area (TPSA) is 53.0 Å². The molecule has 0 unspecified atom stereocenters. The standard InChI is InChI=1S/C17H28N2O3/c20-15-7-14(8-15)17(21)19-4-3-13-10-18(9-12-1-2-12)5-6-22-16(13)11-19/h12-16,20H,1-11H2/t13-,14?,15?,16-/m1/s1.